The highest BCUT2D eigenvalue weighted by Gasteiger charge is 2.39. The number of carboxylic acids is 1. The van der Waals surface area contributed by atoms with Crippen molar-refractivity contribution in [3.63, 3.8) is 0 Å². The van der Waals surface area contributed by atoms with E-state index in [1.54, 1.807) is 24.3 Å². The third kappa shape index (κ3) is 2.66. The lowest BCUT2D eigenvalue weighted by molar-refractivity contribution is -0.141. The molecule has 1 heterocycles. The number of carboxylic acid groups (broad SMARTS) is 1. The minimum atomic E-state index is -0.876. The highest BCUT2D eigenvalue weighted by Crippen LogP contribution is 2.40. The first-order valence-corrected chi connectivity index (χ1v) is 7.07. The number of hydrogen-bond acceptors (Lipinski definition) is 2. The summed E-state index contributed by atoms with van der Waals surface area (Å²) in [5.41, 5.74) is 1.51. The Balaban J connectivity index is 1.99. The van der Waals surface area contributed by atoms with E-state index in [2.05, 4.69) is 0 Å². The second-order valence-electron chi connectivity index (χ2n) is 5.40. The highest BCUT2D eigenvalue weighted by atomic mass is 19.1. The first-order valence-electron chi connectivity index (χ1n) is 7.07. The summed E-state index contributed by atoms with van der Waals surface area (Å²) < 4.78 is 26.2. The van der Waals surface area contributed by atoms with Gasteiger partial charge in [0.1, 0.15) is 11.6 Å². The predicted molar refractivity (Wildman–Crippen MR) is 78.6 cm³/mol. The summed E-state index contributed by atoms with van der Waals surface area (Å²) in [6.07, 6.45) is 0.495. The van der Waals surface area contributed by atoms with Gasteiger partial charge in [0.05, 0.1) is 12.0 Å². The van der Waals surface area contributed by atoms with Crippen LogP contribution in [0.25, 0.3) is 0 Å². The molecule has 0 amide bonds. The molecule has 0 spiro atoms. The van der Waals surface area contributed by atoms with Crippen LogP contribution < -0.4 is 4.90 Å². The van der Waals surface area contributed by atoms with E-state index in [9.17, 15) is 18.7 Å². The molecule has 0 aromatic heterocycles. The monoisotopic (exact) mass is 303 g/mol. The Hall–Kier alpha value is -2.43. The van der Waals surface area contributed by atoms with E-state index in [-0.39, 0.29) is 17.7 Å². The van der Waals surface area contributed by atoms with Gasteiger partial charge >= 0.3 is 5.97 Å². The molecule has 1 aliphatic rings. The smallest absolute Gasteiger partial charge is 0.309 e. The van der Waals surface area contributed by atoms with E-state index in [1.807, 2.05) is 4.90 Å². The van der Waals surface area contributed by atoms with Crippen molar-refractivity contribution >= 4 is 11.7 Å². The van der Waals surface area contributed by atoms with Crippen molar-refractivity contribution in [2.24, 2.45) is 5.92 Å². The van der Waals surface area contributed by atoms with Crippen molar-refractivity contribution in [2.75, 3.05) is 11.4 Å². The van der Waals surface area contributed by atoms with Crippen LogP contribution in [0.15, 0.2) is 48.5 Å². The fraction of sp³-hybridized carbons (Fsp3) is 0.235. The molecule has 0 bridgehead atoms. The summed E-state index contributed by atoms with van der Waals surface area (Å²) >= 11 is 0. The van der Waals surface area contributed by atoms with Gasteiger partial charge in [-0.25, -0.2) is 8.78 Å². The predicted octanol–water partition coefficient (Wildman–Crippen LogP) is 3.62. The molecule has 5 heteroatoms. The second-order valence-corrected chi connectivity index (χ2v) is 5.40. The van der Waals surface area contributed by atoms with Crippen molar-refractivity contribution in [2.45, 2.75) is 12.5 Å². The third-order valence-electron chi connectivity index (χ3n) is 4.08. The van der Waals surface area contributed by atoms with Crippen LogP contribution in [0.3, 0.4) is 0 Å². The van der Waals surface area contributed by atoms with Crippen LogP contribution in [0, 0.1) is 17.6 Å². The zero-order valence-electron chi connectivity index (χ0n) is 11.7. The van der Waals surface area contributed by atoms with Crippen molar-refractivity contribution in [1.82, 2.24) is 0 Å². The Morgan fingerprint density at radius 2 is 1.55 bits per heavy atom. The maximum Gasteiger partial charge on any atom is 0.309 e. The number of benzene rings is 2. The van der Waals surface area contributed by atoms with Gasteiger partial charge in [-0.05, 0) is 48.4 Å². The molecule has 2 aromatic rings. The molecule has 114 valence electrons. The molecule has 0 radical (unpaired) electrons. The Kier molecular flexibility index (Phi) is 3.79. The molecule has 1 fully saturated rings. The highest BCUT2D eigenvalue weighted by molar-refractivity contribution is 5.73. The quantitative estimate of drug-likeness (QED) is 0.941. The molecule has 2 aromatic carbocycles. The maximum atomic E-state index is 13.1. The molecule has 3 nitrogen and oxygen atoms in total. The van der Waals surface area contributed by atoms with Gasteiger partial charge in [-0.15, -0.1) is 0 Å². The fourth-order valence-corrected chi connectivity index (χ4v) is 3.05. The van der Waals surface area contributed by atoms with Gasteiger partial charge in [0.2, 0.25) is 0 Å². The van der Waals surface area contributed by atoms with Gasteiger partial charge in [-0.1, -0.05) is 12.1 Å². The van der Waals surface area contributed by atoms with Crippen molar-refractivity contribution < 1.29 is 18.7 Å². The number of carbonyl (C=O) groups is 1. The lowest BCUT2D eigenvalue weighted by atomic mass is 9.93. The first-order chi connectivity index (χ1) is 10.6. The van der Waals surface area contributed by atoms with Gasteiger partial charge < -0.3 is 10.0 Å². The number of anilines is 1. The van der Waals surface area contributed by atoms with Gasteiger partial charge in [0.15, 0.2) is 0 Å². The lowest BCUT2D eigenvalue weighted by Crippen LogP contribution is -2.28. The molecule has 3 rings (SSSR count). The van der Waals surface area contributed by atoms with Gasteiger partial charge in [0, 0.05) is 12.2 Å². The van der Waals surface area contributed by atoms with E-state index < -0.39 is 11.9 Å². The Bertz CT molecular complexity index is 670. The maximum absolute atomic E-state index is 13.1. The fourth-order valence-electron chi connectivity index (χ4n) is 3.05. The average Bonchev–Trinajstić information content (AvgIpc) is 2.94. The molecule has 0 aliphatic carbocycles. The van der Waals surface area contributed by atoms with Crippen LogP contribution in [0.5, 0.6) is 0 Å². The molecule has 1 saturated heterocycles. The lowest BCUT2D eigenvalue weighted by Gasteiger charge is -2.29. The Labute approximate surface area is 126 Å². The van der Waals surface area contributed by atoms with Crippen LogP contribution in [-0.2, 0) is 4.79 Å². The zero-order valence-corrected chi connectivity index (χ0v) is 11.7. The van der Waals surface area contributed by atoms with E-state index in [1.165, 1.54) is 24.3 Å². The second kappa shape index (κ2) is 5.75. The molecule has 22 heavy (non-hydrogen) atoms. The standard InChI is InChI=1S/C17H15F2NO2/c18-12-3-1-11(2-4-12)16-15(17(21)22)9-10-20(16)14-7-5-13(19)6-8-14/h1-8,15-16H,9-10H2,(H,21,22). The van der Waals surface area contributed by atoms with Gasteiger partial charge in [0.25, 0.3) is 0 Å². The van der Waals surface area contributed by atoms with Crippen LogP contribution in [0.4, 0.5) is 14.5 Å². The number of nitrogens with zero attached hydrogens (tertiary/aromatic N) is 1. The van der Waals surface area contributed by atoms with Gasteiger partial charge in [-0.2, -0.15) is 0 Å². The first kappa shape index (κ1) is 14.5. The molecular formula is C17H15F2NO2. The summed E-state index contributed by atoms with van der Waals surface area (Å²) in [6.45, 7) is 0.560. The molecule has 2 unspecified atom stereocenters. The van der Waals surface area contributed by atoms with Crippen LogP contribution in [0.2, 0.25) is 0 Å². The van der Waals surface area contributed by atoms with Crippen molar-refractivity contribution in [3.05, 3.63) is 65.7 Å². The number of aliphatic carboxylic acids is 1. The minimum absolute atomic E-state index is 0.337. The SMILES string of the molecule is O=C(O)C1CCN(c2ccc(F)cc2)C1c1ccc(F)cc1. The van der Waals surface area contributed by atoms with E-state index in [4.69, 9.17) is 0 Å². The molecule has 2 atom stereocenters. The molecule has 1 N–H and O–H groups in total. The molecular weight excluding hydrogens is 288 g/mol. The van der Waals surface area contributed by atoms with Gasteiger partial charge in [-0.3, -0.25) is 4.79 Å². The summed E-state index contributed by atoms with van der Waals surface area (Å²) in [5.74, 6) is -2.15. The van der Waals surface area contributed by atoms with Crippen LogP contribution >= 0.6 is 0 Å². The Morgan fingerprint density at radius 3 is 2.09 bits per heavy atom. The summed E-state index contributed by atoms with van der Waals surface area (Å²) in [5, 5.41) is 9.45. The molecule has 0 saturated carbocycles. The Morgan fingerprint density at radius 1 is 1.00 bits per heavy atom. The number of halogens is 2. The normalized spacial score (nSPS) is 21.1. The van der Waals surface area contributed by atoms with Crippen LogP contribution in [0.1, 0.15) is 18.0 Å². The molecule has 1 aliphatic heterocycles. The number of rotatable bonds is 3. The van der Waals surface area contributed by atoms with E-state index >= 15 is 0 Å². The number of hydrogen-bond donors (Lipinski definition) is 1. The van der Waals surface area contributed by atoms with E-state index in [0.717, 1.165) is 11.3 Å². The minimum Gasteiger partial charge on any atom is -0.481 e. The van der Waals surface area contributed by atoms with E-state index in [0.29, 0.717) is 13.0 Å². The third-order valence-corrected chi connectivity index (χ3v) is 4.08. The van der Waals surface area contributed by atoms with Crippen LogP contribution in [-0.4, -0.2) is 17.6 Å². The largest absolute Gasteiger partial charge is 0.481 e. The summed E-state index contributed by atoms with van der Waals surface area (Å²) in [7, 11) is 0. The van der Waals surface area contributed by atoms with Crippen molar-refractivity contribution in [3.8, 4) is 0 Å². The zero-order chi connectivity index (χ0) is 15.7. The van der Waals surface area contributed by atoms with Crippen molar-refractivity contribution in [1.29, 1.82) is 0 Å². The topological polar surface area (TPSA) is 40.5 Å². The summed E-state index contributed by atoms with van der Waals surface area (Å²) in [6, 6.07) is 11.5. The summed E-state index contributed by atoms with van der Waals surface area (Å²) in [4.78, 5) is 13.5. The average molecular weight is 303 g/mol.